The number of carbonyl (C=O) groups excluding carboxylic acids is 1. The molecule has 2 aromatic carbocycles. The van der Waals surface area contributed by atoms with E-state index in [-0.39, 0.29) is 18.2 Å². The highest BCUT2D eigenvalue weighted by atomic mass is 79.9. The second-order valence-corrected chi connectivity index (χ2v) is 5.64. The minimum Gasteiger partial charge on any atom is -0.507 e. The summed E-state index contributed by atoms with van der Waals surface area (Å²) in [6.07, 6.45) is 1.39. The molecule has 6 heteroatoms. The molecule has 0 atom stereocenters. The van der Waals surface area contributed by atoms with E-state index in [2.05, 4.69) is 31.8 Å². The summed E-state index contributed by atoms with van der Waals surface area (Å²) < 4.78 is 0.819. The number of carbonyl (C=O) groups is 1. The second kappa shape index (κ2) is 7.61. The van der Waals surface area contributed by atoms with Crippen LogP contribution >= 0.6 is 15.9 Å². The zero-order chi connectivity index (χ0) is 15.9. The third-order valence-corrected chi connectivity index (χ3v) is 3.35. The number of amides is 1. The minimum absolute atomic E-state index is 0.0964. The predicted molar refractivity (Wildman–Crippen MR) is 91.2 cm³/mol. The van der Waals surface area contributed by atoms with E-state index in [0.717, 1.165) is 15.7 Å². The molecule has 0 spiro atoms. The van der Waals surface area contributed by atoms with Crippen molar-refractivity contribution >= 4 is 33.7 Å². The monoisotopic (exact) mass is 361 g/mol. The Morgan fingerprint density at radius 2 is 2.14 bits per heavy atom. The van der Waals surface area contributed by atoms with E-state index in [0.29, 0.717) is 5.56 Å². The molecule has 3 N–H and O–H groups in total. The number of aromatic hydroxyl groups is 1. The maximum absolute atomic E-state index is 11.7. The Morgan fingerprint density at radius 3 is 2.91 bits per heavy atom. The van der Waals surface area contributed by atoms with Gasteiger partial charge in [0.15, 0.2) is 0 Å². The topological polar surface area (TPSA) is 73.7 Å². The molecule has 0 aromatic heterocycles. The number of hydrogen-bond acceptors (Lipinski definition) is 4. The first kappa shape index (κ1) is 16.0. The zero-order valence-corrected chi connectivity index (χ0v) is 13.6. The summed E-state index contributed by atoms with van der Waals surface area (Å²) in [6.45, 7) is 2.10. The number of anilines is 1. The second-order valence-electron chi connectivity index (χ2n) is 4.72. The Bertz CT molecular complexity index is 702. The molecule has 0 aliphatic carbocycles. The lowest BCUT2D eigenvalue weighted by molar-refractivity contribution is -0.119. The summed E-state index contributed by atoms with van der Waals surface area (Å²) in [4.78, 5) is 11.7. The van der Waals surface area contributed by atoms with Gasteiger partial charge in [-0.15, -0.1) is 0 Å². The molecule has 0 saturated heterocycles. The predicted octanol–water partition coefficient (Wildman–Crippen LogP) is 3.03. The van der Waals surface area contributed by atoms with Crippen molar-refractivity contribution in [1.82, 2.24) is 5.43 Å². The van der Waals surface area contributed by atoms with Gasteiger partial charge in [0.25, 0.3) is 5.91 Å². The maximum Gasteiger partial charge on any atom is 0.259 e. The van der Waals surface area contributed by atoms with Crippen molar-refractivity contribution in [3.8, 4) is 5.75 Å². The van der Waals surface area contributed by atoms with Gasteiger partial charge in [0.1, 0.15) is 5.75 Å². The Balaban J connectivity index is 1.85. The number of rotatable bonds is 5. The molecule has 0 saturated carbocycles. The Morgan fingerprint density at radius 1 is 1.32 bits per heavy atom. The molecule has 114 valence electrons. The molecule has 0 radical (unpaired) electrons. The van der Waals surface area contributed by atoms with Crippen molar-refractivity contribution in [3.63, 3.8) is 0 Å². The number of aryl methyl sites for hydroxylation is 1. The van der Waals surface area contributed by atoms with Gasteiger partial charge in [-0.2, -0.15) is 5.10 Å². The van der Waals surface area contributed by atoms with Crippen LogP contribution in [0.4, 0.5) is 5.69 Å². The molecular weight excluding hydrogens is 346 g/mol. The molecule has 5 nitrogen and oxygen atoms in total. The van der Waals surface area contributed by atoms with E-state index in [4.69, 9.17) is 0 Å². The van der Waals surface area contributed by atoms with Gasteiger partial charge in [0, 0.05) is 15.7 Å². The number of nitrogens with one attached hydrogen (secondary N) is 2. The number of halogens is 1. The SMILES string of the molecule is Cc1cccc(NCC(=O)NN=Cc2cc(Br)ccc2O)c1. The number of benzene rings is 2. The van der Waals surface area contributed by atoms with Gasteiger partial charge >= 0.3 is 0 Å². The molecule has 0 aliphatic heterocycles. The quantitative estimate of drug-likeness (QED) is 0.566. The average molecular weight is 362 g/mol. The third-order valence-electron chi connectivity index (χ3n) is 2.85. The number of hydrogen-bond donors (Lipinski definition) is 3. The highest BCUT2D eigenvalue weighted by Crippen LogP contribution is 2.19. The van der Waals surface area contributed by atoms with Crippen LogP contribution in [0.5, 0.6) is 5.75 Å². The van der Waals surface area contributed by atoms with Gasteiger partial charge in [0.05, 0.1) is 12.8 Å². The van der Waals surface area contributed by atoms with Gasteiger partial charge in [-0.3, -0.25) is 4.79 Å². The largest absolute Gasteiger partial charge is 0.507 e. The highest BCUT2D eigenvalue weighted by Gasteiger charge is 2.01. The summed E-state index contributed by atoms with van der Waals surface area (Å²) in [6, 6.07) is 12.7. The van der Waals surface area contributed by atoms with Crippen molar-refractivity contribution < 1.29 is 9.90 Å². The van der Waals surface area contributed by atoms with E-state index in [1.807, 2.05) is 31.2 Å². The summed E-state index contributed by atoms with van der Waals surface area (Å²) in [7, 11) is 0. The molecule has 0 heterocycles. The molecule has 2 aromatic rings. The standard InChI is InChI=1S/C16H16BrN3O2/c1-11-3-2-4-14(7-11)18-10-16(22)20-19-9-12-8-13(17)5-6-15(12)21/h2-9,18,21H,10H2,1H3,(H,20,22). The van der Waals surface area contributed by atoms with Crippen LogP contribution in [0.3, 0.4) is 0 Å². The molecular formula is C16H16BrN3O2. The Labute approximate surface area is 137 Å². The van der Waals surface area contributed by atoms with Crippen molar-refractivity contribution in [2.75, 3.05) is 11.9 Å². The van der Waals surface area contributed by atoms with Crippen molar-refractivity contribution in [2.45, 2.75) is 6.92 Å². The van der Waals surface area contributed by atoms with E-state index in [1.165, 1.54) is 6.21 Å². The molecule has 0 unspecified atom stereocenters. The van der Waals surface area contributed by atoms with Crippen LogP contribution in [0.1, 0.15) is 11.1 Å². The Kier molecular flexibility index (Phi) is 5.55. The van der Waals surface area contributed by atoms with Crippen LogP contribution in [0.25, 0.3) is 0 Å². The van der Waals surface area contributed by atoms with Crippen LogP contribution in [0.2, 0.25) is 0 Å². The number of hydrazone groups is 1. The summed E-state index contributed by atoms with van der Waals surface area (Å²) in [5.74, 6) is -0.175. The van der Waals surface area contributed by atoms with Crippen LogP contribution in [-0.2, 0) is 4.79 Å². The number of phenolic OH excluding ortho intramolecular Hbond substituents is 1. The lowest BCUT2D eigenvalue weighted by Crippen LogP contribution is -2.25. The van der Waals surface area contributed by atoms with Crippen molar-refractivity contribution in [2.24, 2.45) is 5.10 Å². The first-order chi connectivity index (χ1) is 10.5. The molecule has 1 amide bonds. The van der Waals surface area contributed by atoms with Crippen LogP contribution in [0.15, 0.2) is 52.0 Å². The normalized spacial score (nSPS) is 10.6. The van der Waals surface area contributed by atoms with E-state index in [1.54, 1.807) is 18.2 Å². The molecule has 0 bridgehead atoms. The van der Waals surface area contributed by atoms with Gasteiger partial charge < -0.3 is 10.4 Å². The molecule has 22 heavy (non-hydrogen) atoms. The summed E-state index contributed by atoms with van der Waals surface area (Å²) >= 11 is 3.30. The highest BCUT2D eigenvalue weighted by molar-refractivity contribution is 9.10. The van der Waals surface area contributed by atoms with Crippen LogP contribution < -0.4 is 10.7 Å². The smallest absolute Gasteiger partial charge is 0.259 e. The fraction of sp³-hybridized carbons (Fsp3) is 0.125. The fourth-order valence-corrected chi connectivity index (χ4v) is 2.16. The van der Waals surface area contributed by atoms with Crippen LogP contribution in [-0.4, -0.2) is 23.8 Å². The lowest BCUT2D eigenvalue weighted by atomic mass is 10.2. The zero-order valence-electron chi connectivity index (χ0n) is 12.0. The molecule has 0 fully saturated rings. The van der Waals surface area contributed by atoms with Gasteiger partial charge in [-0.1, -0.05) is 28.1 Å². The summed E-state index contributed by atoms with van der Waals surface area (Å²) in [5, 5.41) is 16.5. The van der Waals surface area contributed by atoms with Gasteiger partial charge in [-0.05, 0) is 42.8 Å². The third kappa shape index (κ3) is 4.89. The van der Waals surface area contributed by atoms with Gasteiger partial charge in [-0.25, -0.2) is 5.43 Å². The van der Waals surface area contributed by atoms with E-state index >= 15 is 0 Å². The fourth-order valence-electron chi connectivity index (χ4n) is 1.78. The van der Waals surface area contributed by atoms with Crippen molar-refractivity contribution in [1.29, 1.82) is 0 Å². The summed E-state index contributed by atoms with van der Waals surface area (Å²) in [5.41, 5.74) is 4.92. The lowest BCUT2D eigenvalue weighted by Gasteiger charge is -2.06. The number of nitrogens with zero attached hydrogens (tertiary/aromatic N) is 1. The van der Waals surface area contributed by atoms with Crippen LogP contribution in [0, 0.1) is 6.92 Å². The first-order valence-electron chi connectivity index (χ1n) is 6.65. The minimum atomic E-state index is -0.271. The average Bonchev–Trinajstić information content (AvgIpc) is 2.49. The maximum atomic E-state index is 11.7. The van der Waals surface area contributed by atoms with E-state index in [9.17, 15) is 9.90 Å². The molecule has 0 aliphatic rings. The Hall–Kier alpha value is -2.34. The van der Waals surface area contributed by atoms with E-state index < -0.39 is 0 Å². The first-order valence-corrected chi connectivity index (χ1v) is 7.45. The molecule has 2 rings (SSSR count). The van der Waals surface area contributed by atoms with Crippen molar-refractivity contribution in [3.05, 3.63) is 58.1 Å². The number of phenols is 1. The van der Waals surface area contributed by atoms with Gasteiger partial charge in [0.2, 0.25) is 0 Å².